The van der Waals surface area contributed by atoms with Gasteiger partial charge in [0.1, 0.15) is 23.9 Å². The topological polar surface area (TPSA) is 209 Å². The molecule has 0 aromatic rings. The number of ether oxygens (including phenoxy) is 9. The maximum absolute atomic E-state index is 14.1. The lowest BCUT2D eigenvalue weighted by Gasteiger charge is -2.48. The summed E-state index contributed by atoms with van der Waals surface area (Å²) in [5.41, 5.74) is -3.38. The lowest BCUT2D eigenvalue weighted by molar-refractivity contribution is -0.307. The lowest BCUT2D eigenvalue weighted by atomic mass is 9.74. The van der Waals surface area contributed by atoms with Crippen molar-refractivity contribution in [3.63, 3.8) is 0 Å². The maximum Gasteiger partial charge on any atom is 0.311 e. The Kier molecular flexibility index (Phi) is 16.2. The molecule has 0 aliphatic carbocycles. The maximum atomic E-state index is 14.1. The highest BCUT2D eigenvalue weighted by Crippen LogP contribution is 2.49. The Morgan fingerprint density at radius 2 is 1.61 bits per heavy atom. The number of fused-ring (bicyclic) bond motifs is 1. The number of esters is 1. The summed E-state index contributed by atoms with van der Waals surface area (Å²) in [7, 11) is 6.84. The van der Waals surface area contributed by atoms with Crippen molar-refractivity contribution in [1.29, 1.82) is 0 Å². The first-order valence-electron chi connectivity index (χ1n) is 19.9. The Balaban J connectivity index is 1.80. The summed E-state index contributed by atoms with van der Waals surface area (Å²) in [6.07, 6.45) is -8.25. The fourth-order valence-corrected chi connectivity index (χ4v) is 8.64. The molecule has 4 aliphatic rings. The molecule has 4 heterocycles. The highest BCUT2D eigenvalue weighted by molar-refractivity contribution is 5.88. The predicted molar refractivity (Wildman–Crippen MR) is 201 cm³/mol. The summed E-state index contributed by atoms with van der Waals surface area (Å²) >= 11 is 0. The van der Waals surface area contributed by atoms with Gasteiger partial charge in [0.2, 0.25) is 12.6 Å². The number of aliphatic hydroxyl groups is 4. The van der Waals surface area contributed by atoms with Crippen LogP contribution in [0.5, 0.6) is 0 Å². The molecule has 4 fully saturated rings. The zero-order valence-corrected chi connectivity index (χ0v) is 35.6. The Labute approximate surface area is 332 Å². The zero-order valence-electron chi connectivity index (χ0n) is 35.6. The molecule has 4 saturated heterocycles. The molecule has 0 aromatic carbocycles. The van der Waals surface area contributed by atoms with E-state index in [4.69, 9.17) is 47.5 Å². The van der Waals surface area contributed by atoms with Gasteiger partial charge in [-0.15, -0.1) is 0 Å². The number of hydrogen-bond acceptors (Lipinski definition) is 17. The Morgan fingerprint density at radius 1 is 0.929 bits per heavy atom. The fourth-order valence-electron chi connectivity index (χ4n) is 8.64. The first-order valence-corrected chi connectivity index (χ1v) is 19.9. The van der Waals surface area contributed by atoms with Gasteiger partial charge in [-0.25, -0.2) is 0 Å². The monoisotopic (exact) mass is 806 g/mol. The number of cyclic esters (lactones) is 1. The van der Waals surface area contributed by atoms with E-state index in [-0.39, 0.29) is 50.6 Å². The van der Waals surface area contributed by atoms with Gasteiger partial charge >= 0.3 is 5.97 Å². The number of methoxy groups -OCH3 is 2. The van der Waals surface area contributed by atoms with E-state index in [1.807, 2.05) is 39.8 Å². The van der Waals surface area contributed by atoms with E-state index in [1.165, 1.54) is 13.8 Å². The van der Waals surface area contributed by atoms with Crippen LogP contribution in [0.1, 0.15) is 81.6 Å². The summed E-state index contributed by atoms with van der Waals surface area (Å²) in [5, 5.41) is 52.1. The second-order valence-corrected chi connectivity index (χ2v) is 17.1. The molecule has 326 valence electrons. The van der Waals surface area contributed by atoms with Crippen LogP contribution in [-0.4, -0.2) is 170 Å². The van der Waals surface area contributed by atoms with E-state index in [2.05, 4.69) is 5.16 Å². The quantitative estimate of drug-likeness (QED) is 0.0729. The number of carbonyl (C=O) groups excluding carboxylic acids is 1. The van der Waals surface area contributed by atoms with Crippen LogP contribution in [0.2, 0.25) is 0 Å². The van der Waals surface area contributed by atoms with Crippen molar-refractivity contribution in [1.82, 2.24) is 4.90 Å². The van der Waals surface area contributed by atoms with Crippen LogP contribution >= 0.6 is 0 Å². The SMILES string of the molecule is COCCOCO/N=C1\[C@H](C)C[C@@](C)(O)[C@H](O[C@@H]2O[C@H](C)CC(N(C)C)C2O)[C@@H](C)[C@H](O[C@H]2CC3(OC)OC3[C@@H](C)O2)[C@@H](C)C(=O)O[C@H](C)[C@@](C)(O)[C@H](O)[C@H]1C. The smallest absolute Gasteiger partial charge is 0.311 e. The van der Waals surface area contributed by atoms with Gasteiger partial charge in [0, 0.05) is 38.0 Å². The van der Waals surface area contributed by atoms with Gasteiger partial charge in [0.25, 0.3) is 0 Å². The van der Waals surface area contributed by atoms with Gasteiger partial charge in [0.05, 0.1) is 67.4 Å². The van der Waals surface area contributed by atoms with Gasteiger partial charge < -0.3 is 72.8 Å². The van der Waals surface area contributed by atoms with Crippen molar-refractivity contribution in [2.24, 2.45) is 28.8 Å². The summed E-state index contributed by atoms with van der Waals surface area (Å²) in [5.74, 6) is -4.92. The van der Waals surface area contributed by atoms with Crippen molar-refractivity contribution >= 4 is 11.7 Å². The van der Waals surface area contributed by atoms with Crippen LogP contribution in [-0.2, 0) is 52.3 Å². The molecule has 0 saturated carbocycles. The molecule has 0 radical (unpaired) electrons. The second-order valence-electron chi connectivity index (χ2n) is 17.1. The molecule has 0 aromatic heterocycles. The van der Waals surface area contributed by atoms with Crippen LogP contribution in [0, 0.1) is 23.7 Å². The average molecular weight is 807 g/mol. The number of oxime groups is 1. The first kappa shape index (κ1) is 47.1. The molecule has 4 unspecified atom stereocenters. The third-order valence-electron chi connectivity index (χ3n) is 12.2. The summed E-state index contributed by atoms with van der Waals surface area (Å²) in [4.78, 5) is 21.6. The second kappa shape index (κ2) is 19.2. The van der Waals surface area contributed by atoms with Crippen molar-refractivity contribution in [3.8, 4) is 0 Å². The number of carbonyl (C=O) groups is 1. The summed E-state index contributed by atoms with van der Waals surface area (Å²) < 4.78 is 53.8. The third-order valence-corrected chi connectivity index (χ3v) is 12.2. The molecule has 4 N–H and O–H groups in total. The van der Waals surface area contributed by atoms with E-state index in [0.29, 0.717) is 18.7 Å². The summed E-state index contributed by atoms with van der Waals surface area (Å²) in [6, 6.07) is -0.310. The molecule has 17 heteroatoms. The molecule has 56 heavy (non-hydrogen) atoms. The van der Waals surface area contributed by atoms with Crippen molar-refractivity contribution < 1.29 is 72.7 Å². The molecular formula is C39H70N2O15. The molecule has 0 amide bonds. The van der Waals surface area contributed by atoms with Crippen molar-refractivity contribution in [2.45, 2.75) is 166 Å². The zero-order chi connectivity index (χ0) is 41.9. The Hall–Kier alpha value is -1.58. The van der Waals surface area contributed by atoms with Gasteiger partial charge in [-0.3, -0.25) is 4.79 Å². The molecule has 0 bridgehead atoms. The van der Waals surface area contributed by atoms with E-state index < -0.39 is 89.7 Å². The number of aliphatic hydroxyl groups excluding tert-OH is 2. The van der Waals surface area contributed by atoms with Crippen molar-refractivity contribution in [2.75, 3.05) is 48.3 Å². The standard InChI is InChI=1S/C39H70N2O15/c1-20-17-37(8,45)33(55-36-30(42)27(41(10)11)16-21(2)51-36)23(4)31(54-28-18-39(48-13)34(56-39)25(6)52-28)24(5)35(44)53-26(7)38(9,46)32(43)22(3)29(20)40-50-19-49-15-14-47-12/h20-28,30-34,36,42-43,45-46H,14-19H2,1-13H3/b40-29+/t20-,21-,22+,23+,24-,25-,26-,27?,28+,30?,31+,32-,33-,34?,36+,37-,38-,39?/m1/s1. The minimum atomic E-state index is -1.95. The molecule has 17 nitrogen and oxygen atoms in total. The van der Waals surface area contributed by atoms with Crippen LogP contribution in [0.25, 0.3) is 0 Å². The van der Waals surface area contributed by atoms with Crippen molar-refractivity contribution in [3.05, 3.63) is 0 Å². The molecule has 0 spiro atoms. The lowest BCUT2D eigenvalue weighted by Crippen LogP contribution is -2.60. The summed E-state index contributed by atoms with van der Waals surface area (Å²) in [6.45, 7) is 15.5. The van der Waals surface area contributed by atoms with Gasteiger partial charge in [-0.05, 0) is 68.5 Å². The van der Waals surface area contributed by atoms with E-state index >= 15 is 0 Å². The molecule has 4 aliphatic heterocycles. The van der Waals surface area contributed by atoms with Crippen LogP contribution in [0.3, 0.4) is 0 Å². The Bertz CT molecular complexity index is 1300. The minimum Gasteiger partial charge on any atom is -0.459 e. The van der Waals surface area contributed by atoms with E-state index in [0.717, 1.165) is 0 Å². The Morgan fingerprint density at radius 3 is 2.23 bits per heavy atom. The number of hydrogen-bond donors (Lipinski definition) is 4. The minimum absolute atomic E-state index is 0.0101. The first-order chi connectivity index (χ1) is 26.1. The normalized spacial score (nSPS) is 47.6. The van der Waals surface area contributed by atoms with Gasteiger partial charge in [-0.1, -0.05) is 25.9 Å². The average Bonchev–Trinajstić information content (AvgIpc) is 3.87. The van der Waals surface area contributed by atoms with Crippen LogP contribution < -0.4 is 0 Å². The number of rotatable bonds is 12. The van der Waals surface area contributed by atoms with Crippen LogP contribution in [0.4, 0.5) is 0 Å². The van der Waals surface area contributed by atoms with Gasteiger partial charge in [-0.2, -0.15) is 0 Å². The van der Waals surface area contributed by atoms with E-state index in [1.54, 1.807) is 41.9 Å². The van der Waals surface area contributed by atoms with E-state index in [9.17, 15) is 25.2 Å². The number of epoxide rings is 1. The number of nitrogens with zero attached hydrogens (tertiary/aromatic N) is 2. The molecule has 4 rings (SSSR count). The highest BCUT2D eigenvalue weighted by atomic mass is 16.8. The highest BCUT2D eigenvalue weighted by Gasteiger charge is 2.65. The largest absolute Gasteiger partial charge is 0.459 e. The molecular weight excluding hydrogens is 736 g/mol. The number of likely N-dealkylation sites (N-methyl/N-ethyl adjacent to an activating group) is 1. The molecule has 18 atom stereocenters. The van der Waals surface area contributed by atoms with Gasteiger partial charge in [0.15, 0.2) is 12.6 Å². The fraction of sp³-hybridized carbons (Fsp3) is 0.949. The third kappa shape index (κ3) is 10.6. The van der Waals surface area contributed by atoms with Crippen LogP contribution in [0.15, 0.2) is 5.16 Å². The predicted octanol–water partition coefficient (Wildman–Crippen LogP) is 1.80.